The zero-order valence-electron chi connectivity index (χ0n) is 17.9. The molecule has 3 heterocycles. The second-order valence-corrected chi connectivity index (χ2v) is 9.62. The van der Waals surface area contributed by atoms with Crippen LogP contribution in [0.4, 0.5) is 0 Å². The molecule has 3 aromatic rings. The van der Waals surface area contributed by atoms with E-state index < -0.39 is 10.0 Å². The number of amidine groups is 1. The molecule has 5 rings (SSSR count). The number of aromatic nitrogens is 2. The molecule has 0 bridgehead atoms. The topological polar surface area (TPSA) is 119 Å². The summed E-state index contributed by atoms with van der Waals surface area (Å²) in [4.78, 5) is 38.0. The third-order valence-electron chi connectivity index (χ3n) is 5.93. The summed E-state index contributed by atoms with van der Waals surface area (Å²) in [6.45, 7) is 1.66. The molecule has 0 radical (unpaired) electrons. The van der Waals surface area contributed by atoms with E-state index in [0.29, 0.717) is 37.3 Å². The van der Waals surface area contributed by atoms with Crippen LogP contribution in [0.2, 0.25) is 0 Å². The second-order valence-electron chi connectivity index (χ2n) is 8.05. The predicted octanol–water partition coefficient (Wildman–Crippen LogP) is 0.928. The van der Waals surface area contributed by atoms with Gasteiger partial charge in [0.1, 0.15) is 4.90 Å². The number of sulfonamides is 1. The Labute approximate surface area is 190 Å². The Balaban J connectivity index is 1.21. The largest absolute Gasteiger partial charge is 0.349 e. The van der Waals surface area contributed by atoms with Crippen LogP contribution >= 0.6 is 0 Å². The molecule has 2 aromatic carbocycles. The van der Waals surface area contributed by atoms with Gasteiger partial charge in [0.15, 0.2) is 5.84 Å². The van der Waals surface area contributed by atoms with Gasteiger partial charge in [-0.3, -0.25) is 9.59 Å². The molecule has 10 nitrogen and oxygen atoms in total. The van der Waals surface area contributed by atoms with E-state index in [2.05, 4.69) is 14.4 Å². The molecule has 11 heteroatoms. The molecule has 1 N–H and O–H groups in total. The van der Waals surface area contributed by atoms with Crippen molar-refractivity contribution in [1.29, 1.82) is 0 Å². The number of fused-ring (bicyclic) bond motifs is 2. The van der Waals surface area contributed by atoms with Gasteiger partial charge in [0.05, 0.1) is 23.9 Å². The minimum absolute atomic E-state index is 0.00682. The van der Waals surface area contributed by atoms with Crippen LogP contribution in [0.3, 0.4) is 0 Å². The number of likely N-dealkylation sites (N-methyl/N-ethyl adjacent to an activating group) is 1. The predicted molar refractivity (Wildman–Crippen MR) is 121 cm³/mol. The van der Waals surface area contributed by atoms with Crippen molar-refractivity contribution < 1.29 is 18.0 Å². The first-order valence-electron chi connectivity index (χ1n) is 10.5. The van der Waals surface area contributed by atoms with E-state index in [-0.39, 0.29) is 29.1 Å². The Hall–Kier alpha value is -3.73. The molecule has 0 spiro atoms. The molecule has 2 amide bonds. The van der Waals surface area contributed by atoms with Gasteiger partial charge < -0.3 is 19.7 Å². The summed E-state index contributed by atoms with van der Waals surface area (Å²) < 4.78 is 28.4. The van der Waals surface area contributed by atoms with E-state index in [9.17, 15) is 18.0 Å². The molecule has 2 aliphatic heterocycles. The summed E-state index contributed by atoms with van der Waals surface area (Å²) in [6, 6.07) is 11.9. The minimum Gasteiger partial charge on any atom is -0.349 e. The molecule has 1 aromatic heterocycles. The van der Waals surface area contributed by atoms with Gasteiger partial charge in [-0.15, -0.1) is 4.40 Å². The molecule has 0 saturated carbocycles. The zero-order chi connectivity index (χ0) is 23.2. The molecular weight excluding hydrogens is 444 g/mol. The third kappa shape index (κ3) is 3.84. The number of nitrogens with one attached hydrogen (secondary N) is 1. The quantitative estimate of drug-likeness (QED) is 0.613. The molecule has 1 fully saturated rings. The van der Waals surface area contributed by atoms with Crippen molar-refractivity contribution in [1.82, 2.24) is 24.7 Å². The lowest BCUT2D eigenvalue weighted by Crippen LogP contribution is -2.52. The number of hydrogen-bond acceptors (Lipinski definition) is 6. The maximum absolute atomic E-state index is 12.9. The standard InChI is InChI=1S/C22H22N6O4S/c1-26(21-16-4-2-3-5-19(16)33(31,32)25-21)13-20(29)27-8-10-28(11-9-27)22(30)15-6-7-17-18(12-15)24-14-23-17/h2-7,12,14H,8-11,13H2,1H3,(H,23,24). The first-order valence-corrected chi connectivity index (χ1v) is 11.9. The summed E-state index contributed by atoms with van der Waals surface area (Å²) in [5.41, 5.74) is 2.67. The van der Waals surface area contributed by atoms with Gasteiger partial charge in [-0.1, -0.05) is 12.1 Å². The van der Waals surface area contributed by atoms with Crippen LogP contribution in [-0.2, 0) is 14.8 Å². The number of rotatable bonds is 3. The van der Waals surface area contributed by atoms with Gasteiger partial charge in [0, 0.05) is 44.4 Å². The monoisotopic (exact) mass is 466 g/mol. The number of nitrogens with zero attached hydrogens (tertiary/aromatic N) is 5. The van der Waals surface area contributed by atoms with Crippen LogP contribution in [0.5, 0.6) is 0 Å². The van der Waals surface area contributed by atoms with Gasteiger partial charge in [0.2, 0.25) is 5.91 Å². The molecule has 0 atom stereocenters. The summed E-state index contributed by atoms with van der Waals surface area (Å²) in [6.07, 6.45) is 1.59. The van der Waals surface area contributed by atoms with Crippen molar-refractivity contribution in [3.05, 3.63) is 59.9 Å². The summed E-state index contributed by atoms with van der Waals surface area (Å²) in [5, 5.41) is 0. The van der Waals surface area contributed by atoms with E-state index in [1.807, 2.05) is 0 Å². The number of imidazole rings is 1. The lowest BCUT2D eigenvalue weighted by Gasteiger charge is -2.35. The lowest BCUT2D eigenvalue weighted by molar-refractivity contribution is -0.132. The van der Waals surface area contributed by atoms with Crippen LogP contribution in [0, 0.1) is 0 Å². The zero-order valence-corrected chi connectivity index (χ0v) is 18.7. The van der Waals surface area contributed by atoms with Gasteiger partial charge in [-0.2, -0.15) is 8.42 Å². The Morgan fingerprint density at radius 1 is 1.06 bits per heavy atom. The number of carbonyl (C=O) groups excluding carboxylic acids is 2. The highest BCUT2D eigenvalue weighted by molar-refractivity contribution is 7.90. The van der Waals surface area contributed by atoms with E-state index in [4.69, 9.17) is 0 Å². The van der Waals surface area contributed by atoms with Crippen LogP contribution in [0.25, 0.3) is 11.0 Å². The average Bonchev–Trinajstić information content (AvgIpc) is 3.40. The number of hydrogen-bond donors (Lipinski definition) is 1. The number of H-pyrrole nitrogens is 1. The second kappa shape index (κ2) is 8.00. The molecule has 1 saturated heterocycles. The lowest BCUT2D eigenvalue weighted by atomic mass is 10.1. The maximum atomic E-state index is 12.9. The number of carbonyl (C=O) groups is 2. The summed E-state index contributed by atoms with van der Waals surface area (Å²) in [7, 11) is -2.09. The van der Waals surface area contributed by atoms with Crippen molar-refractivity contribution in [2.75, 3.05) is 39.8 Å². The molecule has 0 aliphatic carbocycles. The van der Waals surface area contributed by atoms with E-state index >= 15 is 0 Å². The van der Waals surface area contributed by atoms with E-state index in [0.717, 1.165) is 11.0 Å². The molecule has 170 valence electrons. The molecule has 0 unspecified atom stereocenters. The fraction of sp³-hybridized carbons (Fsp3) is 0.273. The van der Waals surface area contributed by atoms with Crippen molar-refractivity contribution in [2.45, 2.75) is 4.90 Å². The average molecular weight is 467 g/mol. The third-order valence-corrected chi connectivity index (χ3v) is 7.26. The molecular formula is C22H22N6O4S. The van der Waals surface area contributed by atoms with Crippen LogP contribution in [0.1, 0.15) is 15.9 Å². The number of amides is 2. The van der Waals surface area contributed by atoms with Gasteiger partial charge in [-0.05, 0) is 30.3 Å². The van der Waals surface area contributed by atoms with Crippen molar-refractivity contribution in [3.63, 3.8) is 0 Å². The molecule has 2 aliphatic rings. The van der Waals surface area contributed by atoms with E-state index in [1.165, 1.54) is 6.07 Å². The highest BCUT2D eigenvalue weighted by Crippen LogP contribution is 2.27. The van der Waals surface area contributed by atoms with Crippen molar-refractivity contribution in [2.24, 2.45) is 4.40 Å². The smallest absolute Gasteiger partial charge is 0.285 e. The number of benzene rings is 2. The normalized spacial score (nSPS) is 17.1. The van der Waals surface area contributed by atoms with Crippen LogP contribution in [0.15, 0.2) is 58.1 Å². The van der Waals surface area contributed by atoms with E-state index in [1.54, 1.807) is 64.5 Å². The Morgan fingerprint density at radius 2 is 1.79 bits per heavy atom. The van der Waals surface area contributed by atoms with Gasteiger partial charge in [0.25, 0.3) is 15.9 Å². The fourth-order valence-electron chi connectivity index (χ4n) is 4.15. The highest BCUT2D eigenvalue weighted by atomic mass is 32.2. The SMILES string of the molecule is CN(CC(=O)N1CCN(C(=O)c2ccc3nc[nH]c3c2)CC1)C1=NS(=O)(=O)c2ccccc21. The Morgan fingerprint density at radius 3 is 2.58 bits per heavy atom. The molecule has 33 heavy (non-hydrogen) atoms. The highest BCUT2D eigenvalue weighted by Gasteiger charge is 2.32. The van der Waals surface area contributed by atoms with Crippen molar-refractivity contribution in [3.8, 4) is 0 Å². The van der Waals surface area contributed by atoms with Crippen molar-refractivity contribution >= 4 is 38.7 Å². The fourth-order valence-corrected chi connectivity index (χ4v) is 5.40. The first-order chi connectivity index (χ1) is 15.8. The van der Waals surface area contributed by atoms with Crippen LogP contribution in [-0.4, -0.2) is 90.5 Å². The Kier molecular flexibility index (Phi) is 5.12. The summed E-state index contributed by atoms with van der Waals surface area (Å²) in [5.74, 6) is 0.0350. The van der Waals surface area contributed by atoms with Gasteiger partial charge >= 0.3 is 0 Å². The van der Waals surface area contributed by atoms with Gasteiger partial charge in [-0.25, -0.2) is 4.98 Å². The van der Waals surface area contributed by atoms with Crippen LogP contribution < -0.4 is 0 Å². The Bertz CT molecular complexity index is 1390. The first kappa shape index (κ1) is 21.1. The number of piperazine rings is 1. The summed E-state index contributed by atoms with van der Waals surface area (Å²) >= 11 is 0. The number of aromatic amines is 1. The minimum atomic E-state index is -3.74. The maximum Gasteiger partial charge on any atom is 0.285 e.